The molecule has 0 aromatic heterocycles. The van der Waals surface area contributed by atoms with Crippen molar-refractivity contribution in [3.63, 3.8) is 0 Å². The number of thiocarbonyl (C=S) groups is 1. The minimum absolute atomic E-state index is 0.182. The molecule has 1 fully saturated rings. The number of carboxylic acid groups (broad SMARTS) is 1. The summed E-state index contributed by atoms with van der Waals surface area (Å²) in [4.78, 5) is 25.4. The van der Waals surface area contributed by atoms with E-state index in [0.717, 1.165) is 11.3 Å². The molecule has 29 heavy (non-hydrogen) atoms. The Morgan fingerprint density at radius 1 is 1.28 bits per heavy atom. The molecule has 0 atom stereocenters. The van der Waals surface area contributed by atoms with Gasteiger partial charge in [-0.1, -0.05) is 53.8 Å². The van der Waals surface area contributed by atoms with Gasteiger partial charge in [-0.25, -0.2) is 4.79 Å². The maximum atomic E-state index is 12.8. The zero-order valence-corrected chi connectivity index (χ0v) is 17.6. The van der Waals surface area contributed by atoms with Crippen LogP contribution in [-0.2, 0) is 16.1 Å². The summed E-state index contributed by atoms with van der Waals surface area (Å²) in [6.07, 6.45) is 1.69. The number of carboxylic acids is 1. The predicted molar refractivity (Wildman–Crippen MR) is 116 cm³/mol. The summed E-state index contributed by atoms with van der Waals surface area (Å²) >= 11 is 12.7. The van der Waals surface area contributed by atoms with E-state index in [4.69, 9.17) is 38.4 Å². The topological polar surface area (TPSA) is 76.1 Å². The zero-order chi connectivity index (χ0) is 21.0. The fourth-order valence-electron chi connectivity index (χ4n) is 2.56. The van der Waals surface area contributed by atoms with Crippen molar-refractivity contribution in [2.24, 2.45) is 0 Å². The Balaban J connectivity index is 1.73. The molecule has 3 rings (SSSR count). The molecule has 1 saturated heterocycles. The summed E-state index contributed by atoms with van der Waals surface area (Å²) in [6, 6.07) is 12.3. The van der Waals surface area contributed by atoms with Crippen LogP contribution in [-0.4, -0.2) is 39.9 Å². The van der Waals surface area contributed by atoms with Gasteiger partial charge in [0, 0.05) is 0 Å². The van der Waals surface area contributed by atoms with Crippen LogP contribution in [0, 0.1) is 0 Å². The van der Waals surface area contributed by atoms with Crippen molar-refractivity contribution in [3.8, 4) is 11.5 Å². The standard InChI is InChI=1S/C20H16ClNO5S2/c1-26-14-5-2-12(3-6-14)10-22-19(25)17(29-20(22)28)9-13-4-7-16(15(21)8-13)27-11-18(23)24/h2-9H,10-11H2,1H3,(H,23,24)/b17-9-. The molecular formula is C20H16ClNO5S2. The van der Waals surface area contributed by atoms with Crippen molar-refractivity contribution in [1.29, 1.82) is 0 Å². The van der Waals surface area contributed by atoms with Gasteiger partial charge >= 0.3 is 5.97 Å². The van der Waals surface area contributed by atoms with E-state index in [1.54, 1.807) is 36.3 Å². The third-order valence-corrected chi connectivity index (χ3v) is 5.65. The first kappa shape index (κ1) is 21.2. The number of benzene rings is 2. The molecule has 1 N–H and O–H groups in total. The third-order valence-electron chi connectivity index (χ3n) is 3.98. The Kier molecular flexibility index (Phi) is 6.79. The van der Waals surface area contributed by atoms with Gasteiger partial charge in [0.1, 0.15) is 15.8 Å². The number of carbonyl (C=O) groups is 2. The quantitative estimate of drug-likeness (QED) is 0.501. The smallest absolute Gasteiger partial charge is 0.341 e. The number of aliphatic carboxylic acids is 1. The van der Waals surface area contributed by atoms with Crippen LogP contribution in [0.25, 0.3) is 6.08 Å². The van der Waals surface area contributed by atoms with E-state index in [1.807, 2.05) is 24.3 Å². The number of rotatable bonds is 7. The summed E-state index contributed by atoms with van der Waals surface area (Å²) in [6.45, 7) is -0.113. The molecule has 2 aromatic rings. The van der Waals surface area contributed by atoms with E-state index >= 15 is 0 Å². The van der Waals surface area contributed by atoms with Gasteiger partial charge in [0.25, 0.3) is 5.91 Å². The highest BCUT2D eigenvalue weighted by Gasteiger charge is 2.32. The van der Waals surface area contributed by atoms with Crippen LogP contribution in [0.15, 0.2) is 47.4 Å². The zero-order valence-electron chi connectivity index (χ0n) is 15.3. The van der Waals surface area contributed by atoms with E-state index in [9.17, 15) is 9.59 Å². The van der Waals surface area contributed by atoms with Gasteiger partial charge < -0.3 is 14.6 Å². The van der Waals surface area contributed by atoms with Crippen molar-refractivity contribution in [2.45, 2.75) is 6.54 Å². The van der Waals surface area contributed by atoms with Gasteiger partial charge in [0.15, 0.2) is 6.61 Å². The minimum Gasteiger partial charge on any atom is -0.497 e. The van der Waals surface area contributed by atoms with Crippen molar-refractivity contribution in [3.05, 3.63) is 63.5 Å². The highest BCUT2D eigenvalue weighted by atomic mass is 35.5. The Bertz CT molecular complexity index is 991. The number of hydrogen-bond acceptors (Lipinski definition) is 6. The second kappa shape index (κ2) is 9.30. The molecule has 0 saturated carbocycles. The second-order valence-corrected chi connectivity index (χ2v) is 8.07. The lowest BCUT2D eigenvalue weighted by atomic mass is 10.2. The third kappa shape index (κ3) is 5.29. The molecule has 150 valence electrons. The van der Waals surface area contributed by atoms with Crippen molar-refractivity contribution < 1.29 is 24.2 Å². The molecule has 1 aliphatic rings. The van der Waals surface area contributed by atoms with Gasteiger partial charge in [-0.2, -0.15) is 0 Å². The van der Waals surface area contributed by atoms with Gasteiger partial charge in [-0.15, -0.1) is 0 Å². The van der Waals surface area contributed by atoms with Crippen LogP contribution in [0.3, 0.4) is 0 Å². The molecule has 0 unspecified atom stereocenters. The normalized spacial score (nSPS) is 15.1. The number of hydrogen-bond donors (Lipinski definition) is 1. The molecule has 1 aliphatic heterocycles. The molecule has 9 heteroatoms. The SMILES string of the molecule is COc1ccc(CN2C(=O)/C(=C/c3ccc(OCC(=O)O)c(Cl)c3)SC2=S)cc1. The first-order valence-corrected chi connectivity index (χ1v) is 10.00. The van der Waals surface area contributed by atoms with Crippen LogP contribution in [0.2, 0.25) is 5.02 Å². The number of carbonyl (C=O) groups excluding carboxylic acids is 1. The molecule has 0 radical (unpaired) electrons. The molecule has 0 aliphatic carbocycles. The van der Waals surface area contributed by atoms with E-state index < -0.39 is 12.6 Å². The Morgan fingerprint density at radius 2 is 2.00 bits per heavy atom. The van der Waals surface area contributed by atoms with Gasteiger partial charge in [-0.05, 0) is 41.5 Å². The summed E-state index contributed by atoms with van der Waals surface area (Å²) in [5.74, 6) is -0.270. The van der Waals surface area contributed by atoms with Crippen LogP contribution >= 0.6 is 35.6 Å². The summed E-state index contributed by atoms with van der Waals surface area (Å²) in [7, 11) is 1.60. The van der Waals surface area contributed by atoms with Crippen molar-refractivity contribution >= 4 is 57.9 Å². The molecule has 0 bridgehead atoms. The minimum atomic E-state index is -1.09. The molecule has 1 heterocycles. The number of methoxy groups -OCH3 is 1. The largest absolute Gasteiger partial charge is 0.497 e. The lowest BCUT2D eigenvalue weighted by molar-refractivity contribution is -0.139. The number of amides is 1. The van der Waals surface area contributed by atoms with E-state index in [-0.39, 0.29) is 16.7 Å². The summed E-state index contributed by atoms with van der Waals surface area (Å²) < 4.78 is 10.7. The molecular weight excluding hydrogens is 434 g/mol. The lowest BCUT2D eigenvalue weighted by Gasteiger charge is -2.14. The number of ether oxygens (including phenoxy) is 2. The highest BCUT2D eigenvalue weighted by Crippen LogP contribution is 2.35. The van der Waals surface area contributed by atoms with Gasteiger partial charge in [0.2, 0.25) is 0 Å². The fraction of sp³-hybridized carbons (Fsp3) is 0.150. The average Bonchev–Trinajstić information content (AvgIpc) is 2.95. The van der Waals surface area contributed by atoms with E-state index in [1.165, 1.54) is 11.8 Å². The number of halogens is 1. The molecule has 6 nitrogen and oxygen atoms in total. The fourth-order valence-corrected chi connectivity index (χ4v) is 4.06. The highest BCUT2D eigenvalue weighted by molar-refractivity contribution is 8.26. The summed E-state index contributed by atoms with van der Waals surface area (Å²) in [5, 5.41) is 8.94. The lowest BCUT2D eigenvalue weighted by Crippen LogP contribution is -2.27. The van der Waals surface area contributed by atoms with E-state index in [0.29, 0.717) is 21.3 Å². The molecule has 1 amide bonds. The maximum absolute atomic E-state index is 12.8. The van der Waals surface area contributed by atoms with Crippen LogP contribution in [0.5, 0.6) is 11.5 Å². The maximum Gasteiger partial charge on any atom is 0.341 e. The van der Waals surface area contributed by atoms with Gasteiger partial charge in [0.05, 0.1) is 23.6 Å². The average molecular weight is 450 g/mol. The van der Waals surface area contributed by atoms with Crippen molar-refractivity contribution in [1.82, 2.24) is 4.90 Å². The monoisotopic (exact) mass is 449 g/mol. The summed E-state index contributed by atoms with van der Waals surface area (Å²) in [5.41, 5.74) is 1.62. The second-order valence-electron chi connectivity index (χ2n) is 5.99. The first-order valence-electron chi connectivity index (χ1n) is 8.40. The Morgan fingerprint density at radius 3 is 2.62 bits per heavy atom. The first-order chi connectivity index (χ1) is 13.9. The Hall–Kier alpha value is -2.55. The predicted octanol–water partition coefficient (Wildman–Crippen LogP) is 4.21. The molecule has 0 spiro atoms. The van der Waals surface area contributed by atoms with Gasteiger partial charge in [-0.3, -0.25) is 9.69 Å². The van der Waals surface area contributed by atoms with Crippen molar-refractivity contribution in [2.75, 3.05) is 13.7 Å². The van der Waals surface area contributed by atoms with E-state index in [2.05, 4.69) is 0 Å². The van der Waals surface area contributed by atoms with Crippen LogP contribution < -0.4 is 9.47 Å². The number of nitrogens with zero attached hydrogens (tertiary/aromatic N) is 1. The van der Waals surface area contributed by atoms with Crippen LogP contribution in [0.4, 0.5) is 0 Å². The number of thioether (sulfide) groups is 1. The Labute approximate surface area is 182 Å². The molecule has 2 aromatic carbocycles. The van der Waals surface area contributed by atoms with Crippen LogP contribution in [0.1, 0.15) is 11.1 Å².